The smallest absolute Gasteiger partial charge is 0.279 e. The Bertz CT molecular complexity index is 648. The zero-order valence-corrected chi connectivity index (χ0v) is 14.2. The van der Waals surface area contributed by atoms with Gasteiger partial charge >= 0.3 is 0 Å². The fourth-order valence-corrected chi connectivity index (χ4v) is 2.94. The van der Waals surface area contributed by atoms with Gasteiger partial charge in [-0.3, -0.25) is 4.79 Å². The second kappa shape index (κ2) is 8.22. The van der Waals surface area contributed by atoms with Crippen molar-refractivity contribution in [1.82, 2.24) is 0 Å². The number of hydrogen-bond donors (Lipinski definition) is 2. The molecular weight excluding hydrogens is 316 g/mol. The lowest BCUT2D eigenvalue weighted by Crippen LogP contribution is -2.86. The fourth-order valence-electron chi connectivity index (χ4n) is 2.17. The quantitative estimate of drug-likeness (QED) is 0.795. The van der Waals surface area contributed by atoms with E-state index < -0.39 is 0 Å². The number of halogens is 1. The van der Waals surface area contributed by atoms with Gasteiger partial charge in [-0.15, -0.1) is 11.8 Å². The number of nitrogens with one attached hydrogen (secondary N) is 1. The molecule has 0 saturated heterocycles. The molecule has 0 heterocycles. The number of hydrogen-bond acceptors (Lipinski definition) is 2. The molecule has 0 saturated carbocycles. The van der Waals surface area contributed by atoms with E-state index >= 15 is 0 Å². The van der Waals surface area contributed by atoms with Gasteiger partial charge in [0.25, 0.3) is 5.91 Å². The van der Waals surface area contributed by atoms with Crippen LogP contribution in [0.1, 0.15) is 18.5 Å². The molecule has 0 aromatic heterocycles. The van der Waals surface area contributed by atoms with Crippen LogP contribution in [0.5, 0.6) is 0 Å². The van der Waals surface area contributed by atoms with E-state index in [1.807, 2.05) is 67.0 Å². The summed E-state index contributed by atoms with van der Waals surface area (Å²) >= 11 is 7.83. The molecule has 3 nitrogen and oxygen atoms in total. The molecule has 0 fully saturated rings. The summed E-state index contributed by atoms with van der Waals surface area (Å²) in [6.45, 7) is 2.40. The first-order valence-electron chi connectivity index (χ1n) is 7.12. The van der Waals surface area contributed by atoms with Gasteiger partial charge in [-0.2, -0.15) is 0 Å². The molecule has 0 aliphatic rings. The summed E-state index contributed by atoms with van der Waals surface area (Å²) in [5.41, 5.74) is 1.87. The molecule has 1 amide bonds. The first kappa shape index (κ1) is 16.9. The number of thioether (sulfide) groups is 1. The van der Waals surface area contributed by atoms with E-state index in [0.29, 0.717) is 6.54 Å². The van der Waals surface area contributed by atoms with Crippen LogP contribution in [0.2, 0.25) is 5.02 Å². The van der Waals surface area contributed by atoms with Crippen molar-refractivity contribution in [2.75, 3.05) is 18.1 Å². The minimum atomic E-state index is -0.0165. The second-order valence-electron chi connectivity index (χ2n) is 5.03. The number of rotatable bonds is 6. The van der Waals surface area contributed by atoms with Crippen molar-refractivity contribution in [3.8, 4) is 0 Å². The van der Waals surface area contributed by atoms with Crippen LogP contribution in [0.15, 0.2) is 53.4 Å². The van der Waals surface area contributed by atoms with Crippen molar-refractivity contribution < 1.29 is 10.1 Å². The molecule has 0 aliphatic heterocycles. The van der Waals surface area contributed by atoms with Crippen LogP contribution in [0, 0.1) is 0 Å². The van der Waals surface area contributed by atoms with Crippen molar-refractivity contribution in [1.29, 1.82) is 0 Å². The van der Waals surface area contributed by atoms with Gasteiger partial charge in [0.05, 0.1) is 0 Å². The van der Waals surface area contributed by atoms with Gasteiger partial charge in [-0.1, -0.05) is 35.9 Å². The number of carbonyl (C=O) groups excluding carboxylic acids is 1. The van der Waals surface area contributed by atoms with E-state index in [2.05, 4.69) is 5.32 Å². The summed E-state index contributed by atoms with van der Waals surface area (Å²) in [4.78, 5) is 13.2. The van der Waals surface area contributed by atoms with Crippen LogP contribution < -0.4 is 10.6 Å². The SMILES string of the molecule is CSc1cccc(NC(=O)C[NH2+][C@H](C)c2ccccc2Cl)c1. The molecule has 0 aliphatic carbocycles. The van der Waals surface area contributed by atoms with Crippen LogP contribution >= 0.6 is 23.4 Å². The first-order valence-corrected chi connectivity index (χ1v) is 8.72. The molecule has 0 radical (unpaired) electrons. The molecule has 0 bridgehead atoms. The summed E-state index contributed by atoms with van der Waals surface area (Å²) in [7, 11) is 0. The molecule has 22 heavy (non-hydrogen) atoms. The topological polar surface area (TPSA) is 45.7 Å². The minimum Gasteiger partial charge on any atom is -0.332 e. The van der Waals surface area contributed by atoms with Gasteiger partial charge in [0, 0.05) is 21.2 Å². The van der Waals surface area contributed by atoms with Gasteiger partial charge in [0.15, 0.2) is 6.54 Å². The molecule has 0 spiro atoms. The van der Waals surface area contributed by atoms with E-state index in [9.17, 15) is 4.79 Å². The van der Waals surface area contributed by atoms with Gasteiger partial charge in [0.2, 0.25) is 0 Å². The van der Waals surface area contributed by atoms with Crippen LogP contribution in [-0.4, -0.2) is 18.7 Å². The van der Waals surface area contributed by atoms with Crippen LogP contribution in [-0.2, 0) is 4.79 Å². The van der Waals surface area contributed by atoms with Crippen molar-refractivity contribution in [3.63, 3.8) is 0 Å². The lowest BCUT2D eigenvalue weighted by Gasteiger charge is -2.12. The predicted octanol–water partition coefficient (Wildman–Crippen LogP) is 3.33. The maximum absolute atomic E-state index is 12.1. The van der Waals surface area contributed by atoms with Gasteiger partial charge < -0.3 is 10.6 Å². The molecule has 116 valence electrons. The normalized spacial score (nSPS) is 12.0. The standard InChI is InChI=1S/C17H19ClN2OS/c1-12(15-8-3-4-9-16(15)18)19-11-17(21)20-13-6-5-7-14(10-13)22-2/h3-10,12,19H,11H2,1-2H3,(H,20,21)/p+1/t12-/m1/s1. The third kappa shape index (κ3) is 4.77. The Hall–Kier alpha value is -1.49. The third-order valence-electron chi connectivity index (χ3n) is 3.41. The first-order chi connectivity index (χ1) is 10.6. The maximum Gasteiger partial charge on any atom is 0.279 e. The number of anilines is 1. The molecule has 3 N–H and O–H groups in total. The minimum absolute atomic E-state index is 0.0165. The summed E-state index contributed by atoms with van der Waals surface area (Å²) in [5, 5.41) is 5.64. The number of amides is 1. The largest absolute Gasteiger partial charge is 0.332 e. The summed E-state index contributed by atoms with van der Waals surface area (Å²) < 4.78 is 0. The van der Waals surface area contributed by atoms with Crippen molar-refractivity contribution in [3.05, 3.63) is 59.1 Å². The van der Waals surface area contributed by atoms with E-state index in [1.54, 1.807) is 11.8 Å². The Morgan fingerprint density at radius 1 is 1.27 bits per heavy atom. The molecule has 2 aromatic carbocycles. The predicted molar refractivity (Wildman–Crippen MR) is 93.5 cm³/mol. The van der Waals surface area contributed by atoms with E-state index in [-0.39, 0.29) is 11.9 Å². The third-order valence-corrected chi connectivity index (χ3v) is 4.48. The fraction of sp³-hybridized carbons (Fsp3) is 0.235. The van der Waals surface area contributed by atoms with Crippen LogP contribution in [0.4, 0.5) is 5.69 Å². The zero-order chi connectivity index (χ0) is 15.9. The van der Waals surface area contributed by atoms with Crippen LogP contribution in [0.3, 0.4) is 0 Å². The Morgan fingerprint density at radius 3 is 2.77 bits per heavy atom. The second-order valence-corrected chi connectivity index (χ2v) is 6.32. The van der Waals surface area contributed by atoms with Crippen molar-refractivity contribution >= 4 is 35.0 Å². The number of quaternary nitrogens is 1. The highest BCUT2D eigenvalue weighted by molar-refractivity contribution is 7.98. The maximum atomic E-state index is 12.1. The van der Waals surface area contributed by atoms with Gasteiger partial charge in [0.1, 0.15) is 6.04 Å². The van der Waals surface area contributed by atoms with Crippen molar-refractivity contribution in [2.45, 2.75) is 17.9 Å². The van der Waals surface area contributed by atoms with E-state index in [0.717, 1.165) is 21.2 Å². The number of benzene rings is 2. The van der Waals surface area contributed by atoms with Gasteiger partial charge in [-0.25, -0.2) is 0 Å². The Balaban J connectivity index is 1.88. The monoisotopic (exact) mass is 335 g/mol. The summed E-state index contributed by atoms with van der Waals surface area (Å²) in [6, 6.07) is 15.7. The van der Waals surface area contributed by atoms with Crippen LogP contribution in [0.25, 0.3) is 0 Å². The highest BCUT2D eigenvalue weighted by atomic mass is 35.5. The zero-order valence-electron chi connectivity index (χ0n) is 12.7. The highest BCUT2D eigenvalue weighted by Crippen LogP contribution is 2.20. The van der Waals surface area contributed by atoms with Gasteiger partial charge in [-0.05, 0) is 37.4 Å². The molecule has 5 heteroatoms. The number of carbonyl (C=O) groups is 1. The average Bonchev–Trinajstić information content (AvgIpc) is 2.53. The average molecular weight is 336 g/mol. The molecule has 0 unspecified atom stereocenters. The Morgan fingerprint density at radius 2 is 2.05 bits per heavy atom. The molecular formula is C17H20ClN2OS+. The summed E-state index contributed by atoms with van der Waals surface area (Å²) in [6.07, 6.45) is 2.01. The van der Waals surface area contributed by atoms with E-state index in [1.165, 1.54) is 0 Å². The number of nitrogens with two attached hydrogens (primary N) is 1. The summed E-state index contributed by atoms with van der Waals surface area (Å²) in [5.74, 6) is -0.0165. The van der Waals surface area contributed by atoms with Crippen molar-refractivity contribution in [2.24, 2.45) is 0 Å². The Kier molecular flexibility index (Phi) is 6.31. The van der Waals surface area contributed by atoms with E-state index in [4.69, 9.17) is 11.6 Å². The lowest BCUT2D eigenvalue weighted by molar-refractivity contribution is -0.682. The Labute approximate surface area is 140 Å². The molecule has 2 aromatic rings. The molecule has 2 rings (SSSR count). The molecule has 1 atom stereocenters. The highest BCUT2D eigenvalue weighted by Gasteiger charge is 2.14. The lowest BCUT2D eigenvalue weighted by atomic mass is 10.1.